The number of rotatable bonds is 2. The van der Waals surface area contributed by atoms with Crippen LogP contribution < -0.4 is 0 Å². The predicted octanol–water partition coefficient (Wildman–Crippen LogP) is 6.52. The van der Waals surface area contributed by atoms with Gasteiger partial charge in [-0.3, -0.25) is 0 Å². The van der Waals surface area contributed by atoms with Crippen LogP contribution >= 0.6 is 75.1 Å². The Morgan fingerprint density at radius 2 is 1.81 bits per heavy atom. The van der Waals surface area contributed by atoms with Crippen LogP contribution in [0.3, 0.4) is 0 Å². The van der Waals surface area contributed by atoms with Crippen LogP contribution in [0, 0.1) is 0 Å². The van der Waals surface area contributed by atoms with E-state index in [0.717, 1.165) is 12.0 Å². The van der Waals surface area contributed by atoms with Gasteiger partial charge in [-0.1, -0.05) is 44.0 Å². The smallest absolute Gasteiger partial charge is 0.0757 e. The van der Waals surface area contributed by atoms with E-state index in [9.17, 15) is 0 Å². The van der Waals surface area contributed by atoms with E-state index in [-0.39, 0.29) is 4.83 Å². The molecule has 2 aromatic rings. The highest BCUT2D eigenvalue weighted by atomic mass is 79.9. The number of hydrogen-bond acceptors (Lipinski definition) is 1. The van der Waals surface area contributed by atoms with Crippen LogP contribution in [0.25, 0.3) is 0 Å². The van der Waals surface area contributed by atoms with Gasteiger partial charge in [0, 0.05) is 4.47 Å². The molecule has 1 atom stereocenters. The number of thiophene rings is 1. The van der Waals surface area contributed by atoms with Gasteiger partial charge in [0.25, 0.3) is 0 Å². The zero-order valence-electron chi connectivity index (χ0n) is 7.88. The van der Waals surface area contributed by atoms with Crippen molar-refractivity contribution in [2.75, 3.05) is 0 Å². The van der Waals surface area contributed by atoms with Crippen molar-refractivity contribution >= 4 is 75.1 Å². The van der Waals surface area contributed by atoms with Gasteiger partial charge in [-0.2, -0.15) is 0 Å². The molecule has 0 radical (unpaired) electrons. The molecule has 0 spiro atoms. The third-order valence-electron chi connectivity index (χ3n) is 2.10. The van der Waals surface area contributed by atoms with Gasteiger partial charge < -0.3 is 0 Å². The van der Waals surface area contributed by atoms with Crippen LogP contribution in [0.5, 0.6) is 0 Å². The monoisotopic (exact) mass is 486 g/mol. The molecule has 0 saturated heterocycles. The maximum absolute atomic E-state index is 3.73. The Labute approximate surface area is 132 Å². The van der Waals surface area contributed by atoms with Gasteiger partial charge in [0.2, 0.25) is 0 Å². The van der Waals surface area contributed by atoms with Gasteiger partial charge in [0.15, 0.2) is 0 Å². The molecule has 1 heterocycles. The molecule has 0 N–H and O–H groups in total. The fourth-order valence-corrected chi connectivity index (χ4v) is 5.79. The molecule has 0 aliphatic rings. The molecule has 0 aliphatic heterocycles. The van der Waals surface area contributed by atoms with Gasteiger partial charge in [0.1, 0.15) is 0 Å². The maximum Gasteiger partial charge on any atom is 0.0757 e. The quantitative estimate of drug-likeness (QED) is 0.421. The lowest BCUT2D eigenvalue weighted by Gasteiger charge is -2.09. The van der Waals surface area contributed by atoms with Crippen LogP contribution in [0.4, 0.5) is 0 Å². The highest BCUT2D eigenvalue weighted by Gasteiger charge is 2.16. The van der Waals surface area contributed by atoms with E-state index >= 15 is 0 Å². The SMILES string of the molecule is Brc1cccc(C(Br)c2cc(Br)sc2Br)c1. The molecule has 1 aromatic carbocycles. The fraction of sp³-hybridized carbons (Fsp3) is 0.0909. The maximum atomic E-state index is 3.73. The van der Waals surface area contributed by atoms with E-state index in [4.69, 9.17) is 0 Å². The third kappa shape index (κ3) is 2.99. The Kier molecular flexibility index (Phi) is 4.69. The van der Waals surface area contributed by atoms with Crippen molar-refractivity contribution in [2.24, 2.45) is 0 Å². The number of alkyl halides is 1. The molecule has 1 aromatic heterocycles. The highest BCUT2D eigenvalue weighted by molar-refractivity contribution is 9.12. The van der Waals surface area contributed by atoms with Gasteiger partial charge in [-0.05, 0) is 61.2 Å². The molecule has 0 aliphatic carbocycles. The summed E-state index contributed by atoms with van der Waals surface area (Å²) in [6.45, 7) is 0. The van der Waals surface area contributed by atoms with Gasteiger partial charge in [0.05, 0.1) is 12.4 Å². The lowest BCUT2D eigenvalue weighted by atomic mass is 10.1. The first kappa shape index (κ1) is 13.3. The summed E-state index contributed by atoms with van der Waals surface area (Å²) in [5.41, 5.74) is 2.48. The Morgan fingerprint density at radius 1 is 1.06 bits per heavy atom. The largest absolute Gasteiger partial charge is 0.121 e. The molecule has 0 saturated carbocycles. The first-order chi connectivity index (χ1) is 7.58. The molecule has 84 valence electrons. The van der Waals surface area contributed by atoms with Crippen molar-refractivity contribution in [3.05, 3.63) is 53.5 Å². The second kappa shape index (κ2) is 5.65. The predicted molar refractivity (Wildman–Crippen MR) is 84.6 cm³/mol. The van der Waals surface area contributed by atoms with Crippen LogP contribution in [-0.4, -0.2) is 0 Å². The minimum Gasteiger partial charge on any atom is -0.121 e. The van der Waals surface area contributed by atoms with Crippen molar-refractivity contribution in [3.63, 3.8) is 0 Å². The molecule has 0 amide bonds. The van der Waals surface area contributed by atoms with E-state index in [1.165, 1.54) is 11.1 Å². The Hall–Kier alpha value is 0.840. The normalized spacial score (nSPS) is 12.8. The van der Waals surface area contributed by atoms with E-state index in [1.807, 2.05) is 12.1 Å². The minimum atomic E-state index is 0.210. The first-order valence-electron chi connectivity index (χ1n) is 4.42. The third-order valence-corrected chi connectivity index (χ3v) is 6.00. The Bertz CT molecular complexity index is 506. The van der Waals surface area contributed by atoms with Crippen molar-refractivity contribution in [3.8, 4) is 0 Å². The fourth-order valence-electron chi connectivity index (χ4n) is 1.37. The number of hydrogen-bond donors (Lipinski definition) is 0. The van der Waals surface area contributed by atoms with E-state index in [2.05, 4.69) is 81.9 Å². The topological polar surface area (TPSA) is 0 Å². The lowest BCUT2D eigenvalue weighted by molar-refractivity contribution is 1.18. The lowest BCUT2D eigenvalue weighted by Crippen LogP contribution is -1.90. The van der Waals surface area contributed by atoms with Crippen LogP contribution in [0.2, 0.25) is 0 Å². The highest BCUT2D eigenvalue weighted by Crippen LogP contribution is 2.42. The Balaban J connectivity index is 2.38. The van der Waals surface area contributed by atoms with E-state index < -0.39 is 0 Å². The molecule has 2 rings (SSSR count). The van der Waals surface area contributed by atoms with Crippen molar-refractivity contribution in [1.29, 1.82) is 0 Å². The summed E-state index contributed by atoms with van der Waals surface area (Å²) >= 11 is 16.0. The average molecular weight is 490 g/mol. The van der Waals surface area contributed by atoms with Crippen molar-refractivity contribution < 1.29 is 0 Å². The molecular weight excluding hydrogens is 484 g/mol. The Morgan fingerprint density at radius 3 is 2.38 bits per heavy atom. The molecule has 0 bridgehead atoms. The zero-order valence-corrected chi connectivity index (χ0v) is 15.0. The standard InChI is InChI=1S/C11H6Br4S/c12-7-3-1-2-6(4-7)10(14)8-5-9(13)16-11(8)15/h1-5,10H. The molecule has 0 fully saturated rings. The minimum absolute atomic E-state index is 0.210. The number of benzene rings is 1. The number of halogens is 4. The average Bonchev–Trinajstić information content (AvgIpc) is 2.57. The summed E-state index contributed by atoms with van der Waals surface area (Å²) in [6, 6.07) is 10.4. The summed E-state index contributed by atoms with van der Waals surface area (Å²) < 4.78 is 3.38. The molecule has 0 nitrogen and oxygen atoms in total. The molecule has 1 unspecified atom stereocenters. The summed E-state index contributed by atoms with van der Waals surface area (Å²) in [5.74, 6) is 0. The molecule has 16 heavy (non-hydrogen) atoms. The van der Waals surface area contributed by atoms with Gasteiger partial charge >= 0.3 is 0 Å². The van der Waals surface area contributed by atoms with E-state index in [1.54, 1.807) is 11.3 Å². The summed E-state index contributed by atoms with van der Waals surface area (Å²) in [5, 5.41) is 0. The summed E-state index contributed by atoms with van der Waals surface area (Å²) in [7, 11) is 0. The van der Waals surface area contributed by atoms with Crippen molar-refractivity contribution in [1.82, 2.24) is 0 Å². The summed E-state index contributed by atoms with van der Waals surface area (Å²) in [6.07, 6.45) is 0. The van der Waals surface area contributed by atoms with Crippen LogP contribution in [-0.2, 0) is 0 Å². The first-order valence-corrected chi connectivity index (χ1v) is 8.53. The van der Waals surface area contributed by atoms with Crippen LogP contribution in [0.15, 0.2) is 42.4 Å². The van der Waals surface area contributed by atoms with Crippen LogP contribution in [0.1, 0.15) is 16.0 Å². The second-order valence-electron chi connectivity index (χ2n) is 3.20. The van der Waals surface area contributed by atoms with Crippen molar-refractivity contribution in [2.45, 2.75) is 4.83 Å². The van der Waals surface area contributed by atoms with E-state index in [0.29, 0.717) is 0 Å². The van der Waals surface area contributed by atoms with Gasteiger partial charge in [-0.15, -0.1) is 11.3 Å². The zero-order chi connectivity index (χ0) is 11.7. The molecular formula is C11H6Br4S. The second-order valence-corrected chi connectivity index (χ2v) is 8.78. The van der Waals surface area contributed by atoms with Gasteiger partial charge in [-0.25, -0.2) is 0 Å². The molecule has 5 heteroatoms. The summed E-state index contributed by atoms with van der Waals surface area (Å²) in [4.78, 5) is 0.210.